The van der Waals surface area contributed by atoms with Gasteiger partial charge in [0.25, 0.3) is 10.2 Å². The van der Waals surface area contributed by atoms with Crippen LogP contribution < -0.4 is 5.32 Å². The molecule has 2 rings (SSSR count). The normalized spacial score (nSPS) is 26.7. The van der Waals surface area contributed by atoms with Gasteiger partial charge >= 0.3 is 5.97 Å². The van der Waals surface area contributed by atoms with Crippen molar-refractivity contribution < 1.29 is 17.9 Å². The summed E-state index contributed by atoms with van der Waals surface area (Å²) in [6, 6.07) is 0.172. The van der Waals surface area contributed by atoms with E-state index in [2.05, 4.69) is 5.32 Å². The van der Waals surface area contributed by atoms with Crippen molar-refractivity contribution in [1.82, 2.24) is 13.9 Å². The van der Waals surface area contributed by atoms with Crippen molar-refractivity contribution in [3.8, 4) is 0 Å². The molecule has 0 spiro atoms. The van der Waals surface area contributed by atoms with Gasteiger partial charge in [0.15, 0.2) is 0 Å². The number of carbonyl (C=O) groups is 1. The van der Waals surface area contributed by atoms with Crippen LogP contribution in [0.5, 0.6) is 0 Å². The molecule has 0 saturated carbocycles. The molecule has 1 atom stereocenters. The molecule has 122 valence electrons. The lowest BCUT2D eigenvalue weighted by atomic mass is 9.98. The molecule has 0 aromatic rings. The molecule has 1 unspecified atom stereocenters. The van der Waals surface area contributed by atoms with Gasteiger partial charge in [-0.05, 0) is 26.7 Å². The maximum Gasteiger partial charge on any atom is 0.309 e. The first-order chi connectivity index (χ1) is 9.95. The Bertz CT molecular complexity index is 460. The molecule has 0 aromatic heterocycles. The van der Waals surface area contributed by atoms with Crippen molar-refractivity contribution in [2.75, 3.05) is 39.3 Å². The molecule has 2 aliphatic heterocycles. The molecule has 2 heterocycles. The molecule has 0 radical (unpaired) electrons. The fourth-order valence-electron chi connectivity index (χ4n) is 2.85. The molecular weight excluding hydrogens is 294 g/mol. The molecule has 2 saturated heterocycles. The lowest BCUT2D eigenvalue weighted by Gasteiger charge is -2.37. The summed E-state index contributed by atoms with van der Waals surface area (Å²) >= 11 is 0. The third-order valence-corrected chi connectivity index (χ3v) is 6.06. The van der Waals surface area contributed by atoms with Crippen LogP contribution in [-0.4, -0.2) is 68.4 Å². The summed E-state index contributed by atoms with van der Waals surface area (Å²) in [5.74, 6) is -0.372. The average molecular weight is 319 g/mol. The van der Waals surface area contributed by atoms with E-state index in [0.717, 1.165) is 0 Å². The Labute approximate surface area is 126 Å². The molecule has 2 aliphatic rings. The Hall–Kier alpha value is -0.700. The highest BCUT2D eigenvalue weighted by molar-refractivity contribution is 7.86. The lowest BCUT2D eigenvalue weighted by Crippen LogP contribution is -2.56. The number of ether oxygens (including phenoxy) is 1. The Balaban J connectivity index is 1.93. The van der Waals surface area contributed by atoms with Crippen LogP contribution in [0.1, 0.15) is 26.7 Å². The standard InChI is InChI=1S/C13H25N3O4S/c1-3-20-13(17)12-4-7-15(8-5-12)21(18,19)16-9-6-14-11(2)10-16/h11-12,14H,3-10H2,1-2H3. The van der Waals surface area contributed by atoms with E-state index in [4.69, 9.17) is 4.74 Å². The summed E-state index contributed by atoms with van der Waals surface area (Å²) in [7, 11) is -3.40. The third kappa shape index (κ3) is 3.94. The molecule has 1 N–H and O–H groups in total. The molecule has 7 nitrogen and oxygen atoms in total. The van der Waals surface area contributed by atoms with Gasteiger partial charge < -0.3 is 10.1 Å². The number of nitrogens with zero attached hydrogens (tertiary/aromatic N) is 2. The van der Waals surface area contributed by atoms with Gasteiger partial charge in [-0.15, -0.1) is 0 Å². The van der Waals surface area contributed by atoms with Gasteiger partial charge in [0.1, 0.15) is 0 Å². The molecule has 0 aromatic carbocycles. The van der Waals surface area contributed by atoms with Crippen LogP contribution in [0, 0.1) is 5.92 Å². The smallest absolute Gasteiger partial charge is 0.309 e. The topological polar surface area (TPSA) is 79.0 Å². The Morgan fingerprint density at radius 1 is 1.24 bits per heavy atom. The van der Waals surface area contributed by atoms with Crippen molar-refractivity contribution in [3.05, 3.63) is 0 Å². The Morgan fingerprint density at radius 2 is 1.90 bits per heavy atom. The van der Waals surface area contributed by atoms with E-state index in [1.54, 1.807) is 11.2 Å². The van der Waals surface area contributed by atoms with Crippen LogP contribution in [-0.2, 0) is 19.7 Å². The van der Waals surface area contributed by atoms with Crippen molar-refractivity contribution in [3.63, 3.8) is 0 Å². The highest BCUT2D eigenvalue weighted by Crippen LogP contribution is 2.23. The number of rotatable bonds is 4. The molecular formula is C13H25N3O4S. The van der Waals surface area contributed by atoms with Gasteiger partial charge in [-0.1, -0.05) is 0 Å². The first-order valence-electron chi connectivity index (χ1n) is 7.60. The second-order valence-electron chi connectivity index (χ2n) is 5.65. The van der Waals surface area contributed by atoms with Crippen LogP contribution in [0.2, 0.25) is 0 Å². The maximum absolute atomic E-state index is 12.6. The quantitative estimate of drug-likeness (QED) is 0.726. The predicted molar refractivity (Wildman–Crippen MR) is 78.9 cm³/mol. The second-order valence-corrected chi connectivity index (χ2v) is 7.57. The number of piperazine rings is 1. The van der Waals surface area contributed by atoms with E-state index in [1.165, 1.54) is 4.31 Å². The molecule has 21 heavy (non-hydrogen) atoms. The summed E-state index contributed by atoms with van der Waals surface area (Å²) in [5, 5.41) is 3.24. The first kappa shape index (κ1) is 16.7. The summed E-state index contributed by atoms with van der Waals surface area (Å²) in [6.07, 6.45) is 1.08. The Kier molecular flexibility index (Phi) is 5.59. The van der Waals surface area contributed by atoms with E-state index in [-0.39, 0.29) is 17.9 Å². The monoisotopic (exact) mass is 319 g/mol. The van der Waals surface area contributed by atoms with Crippen LogP contribution in [0.3, 0.4) is 0 Å². The predicted octanol–water partition coefficient (Wildman–Crippen LogP) is -0.200. The van der Waals surface area contributed by atoms with Crippen molar-refractivity contribution in [2.45, 2.75) is 32.7 Å². The second kappa shape index (κ2) is 7.04. The largest absolute Gasteiger partial charge is 0.466 e. The van der Waals surface area contributed by atoms with Gasteiger partial charge in [-0.2, -0.15) is 17.0 Å². The fourth-order valence-corrected chi connectivity index (χ4v) is 4.58. The van der Waals surface area contributed by atoms with Crippen LogP contribution in [0.15, 0.2) is 0 Å². The summed E-state index contributed by atoms with van der Waals surface area (Å²) in [5.41, 5.74) is 0. The van der Waals surface area contributed by atoms with Crippen molar-refractivity contribution in [2.24, 2.45) is 5.92 Å². The minimum absolute atomic E-state index is 0.168. The Morgan fingerprint density at radius 3 is 2.48 bits per heavy atom. The molecule has 0 bridgehead atoms. The SMILES string of the molecule is CCOC(=O)C1CCN(S(=O)(=O)N2CCNC(C)C2)CC1. The first-order valence-corrected chi connectivity index (χ1v) is 9.00. The van der Waals surface area contributed by atoms with Gasteiger partial charge in [-0.25, -0.2) is 0 Å². The zero-order valence-corrected chi connectivity index (χ0v) is 13.6. The number of nitrogens with one attached hydrogen (secondary N) is 1. The lowest BCUT2D eigenvalue weighted by molar-refractivity contribution is -0.149. The summed E-state index contributed by atoms with van der Waals surface area (Å²) in [4.78, 5) is 11.7. The average Bonchev–Trinajstić information content (AvgIpc) is 2.47. The number of hydrogen-bond donors (Lipinski definition) is 1. The van der Waals surface area contributed by atoms with Crippen molar-refractivity contribution in [1.29, 1.82) is 0 Å². The van der Waals surface area contributed by atoms with Crippen LogP contribution in [0.4, 0.5) is 0 Å². The number of carbonyl (C=O) groups excluding carboxylic acids is 1. The minimum Gasteiger partial charge on any atom is -0.466 e. The molecule has 0 amide bonds. The highest BCUT2D eigenvalue weighted by atomic mass is 32.2. The van der Waals surface area contributed by atoms with Gasteiger partial charge in [0, 0.05) is 38.8 Å². The zero-order chi connectivity index (χ0) is 15.5. The maximum atomic E-state index is 12.6. The van der Waals surface area contributed by atoms with Crippen LogP contribution in [0.25, 0.3) is 0 Å². The fraction of sp³-hybridized carbons (Fsp3) is 0.923. The van der Waals surface area contributed by atoms with Crippen LogP contribution >= 0.6 is 0 Å². The van der Waals surface area contributed by atoms with E-state index in [1.807, 2.05) is 6.92 Å². The molecule has 8 heteroatoms. The molecule has 2 fully saturated rings. The highest BCUT2D eigenvalue weighted by Gasteiger charge is 2.36. The van der Waals surface area contributed by atoms with E-state index in [9.17, 15) is 13.2 Å². The third-order valence-electron chi connectivity index (χ3n) is 4.06. The minimum atomic E-state index is -3.40. The van der Waals surface area contributed by atoms with Crippen molar-refractivity contribution >= 4 is 16.2 Å². The number of esters is 1. The number of piperidine rings is 1. The zero-order valence-electron chi connectivity index (χ0n) is 12.7. The van der Waals surface area contributed by atoms with Gasteiger partial charge in [-0.3, -0.25) is 4.79 Å². The summed E-state index contributed by atoms with van der Waals surface area (Å²) < 4.78 is 33.2. The van der Waals surface area contributed by atoms with Gasteiger partial charge in [0.2, 0.25) is 0 Å². The van der Waals surface area contributed by atoms with E-state index in [0.29, 0.717) is 52.2 Å². The molecule has 0 aliphatic carbocycles. The van der Waals surface area contributed by atoms with Gasteiger partial charge in [0.05, 0.1) is 12.5 Å². The van der Waals surface area contributed by atoms with E-state index < -0.39 is 10.2 Å². The summed E-state index contributed by atoms with van der Waals surface area (Å²) in [6.45, 7) is 6.60. The van der Waals surface area contributed by atoms with E-state index >= 15 is 0 Å². The number of hydrogen-bond acceptors (Lipinski definition) is 5.